The smallest absolute Gasteiger partial charge is 0.279 e. The zero-order valence-electron chi connectivity index (χ0n) is 41.5. The topological polar surface area (TPSA) is 32.5 Å². The molecule has 2 aliphatic heterocycles. The van der Waals surface area contributed by atoms with Crippen LogP contribution < -0.4 is 47.1 Å². The second kappa shape index (κ2) is 15.9. The van der Waals surface area contributed by atoms with Gasteiger partial charge in [-0.25, -0.2) is 4.98 Å². The summed E-state index contributed by atoms with van der Waals surface area (Å²) < 4.78 is 7.25. The summed E-state index contributed by atoms with van der Waals surface area (Å²) >= 11 is 0. The van der Waals surface area contributed by atoms with Gasteiger partial charge in [-0.2, -0.15) is 0 Å². The van der Waals surface area contributed by atoms with Crippen LogP contribution in [0.5, 0.6) is 0 Å². The Labute approximate surface area is 400 Å². The van der Waals surface area contributed by atoms with Gasteiger partial charge < -0.3 is 9.32 Å². The molecule has 0 bridgehead atoms. The van der Waals surface area contributed by atoms with Gasteiger partial charge in [0.1, 0.15) is 0 Å². The van der Waals surface area contributed by atoms with E-state index in [1.807, 2.05) is 0 Å². The van der Waals surface area contributed by atoms with E-state index in [0.717, 1.165) is 40.1 Å². The van der Waals surface area contributed by atoms with Crippen molar-refractivity contribution in [2.45, 2.75) is 105 Å². The van der Waals surface area contributed by atoms with Gasteiger partial charge in [0.25, 0.3) is 6.71 Å². The Morgan fingerprint density at radius 1 is 0.418 bits per heavy atom. The van der Waals surface area contributed by atoms with Crippen molar-refractivity contribution >= 4 is 86.4 Å². The van der Waals surface area contributed by atoms with Crippen LogP contribution in [0.25, 0.3) is 0 Å². The highest BCUT2D eigenvalue weighted by atomic mass is 28.3. The SMILES string of the molecule is CC(C)(C)c1ccc(N2c3ccc(C(C)(C)C)cc3B3c4nc(C(C)(C)C)oc4N(c4ccc(C(C)(C)C)cc4)c4cc([Si](c5ccccc5)(c5ccccc5)c5ccccc5)cc2c43)cc1. The maximum Gasteiger partial charge on any atom is 0.279 e. The van der Waals surface area contributed by atoms with Crippen LogP contribution in [0.15, 0.2) is 174 Å². The molecule has 0 aliphatic carbocycles. The zero-order chi connectivity index (χ0) is 47.3. The lowest BCUT2D eigenvalue weighted by Gasteiger charge is -2.44. The molecule has 0 atom stereocenters. The molecule has 67 heavy (non-hydrogen) atoms. The molecule has 7 aromatic carbocycles. The predicted molar refractivity (Wildman–Crippen MR) is 289 cm³/mol. The van der Waals surface area contributed by atoms with Gasteiger partial charge in [-0.15, -0.1) is 0 Å². The molecule has 0 saturated carbocycles. The molecular weight excluding hydrogens is 830 g/mol. The first-order valence-corrected chi connectivity index (χ1v) is 26.1. The maximum atomic E-state index is 7.25. The summed E-state index contributed by atoms with van der Waals surface area (Å²) in [5.74, 6) is 1.52. The van der Waals surface area contributed by atoms with Crippen LogP contribution in [0, 0.1) is 0 Å². The number of benzene rings is 7. The monoisotopic (exact) mass is 893 g/mol. The standard InChI is InChI=1S/C61H64BN3OSi/c1-58(2,3)41-28-33-44(34-29-41)64-51-37-32-43(60(7,8)9)38-50(51)62-54-52(64)39-49(67(46-22-16-13-17-23-46,47-24-18-14-19-25-47)48-26-20-15-21-27-48)40-53(54)65(45-35-30-42(31-36-45)59(4,5)6)56-55(62)63-57(66-56)61(10,11)12/h13-40H,1-12H3. The van der Waals surface area contributed by atoms with E-state index < -0.39 is 8.07 Å². The lowest BCUT2D eigenvalue weighted by molar-refractivity contribution is 0.397. The van der Waals surface area contributed by atoms with Crippen LogP contribution in [-0.2, 0) is 21.7 Å². The second-order valence-electron chi connectivity index (χ2n) is 23.0. The summed E-state index contributed by atoms with van der Waals surface area (Å²) in [7, 11) is -3.07. The van der Waals surface area contributed by atoms with Crippen molar-refractivity contribution < 1.29 is 4.42 Å². The molecule has 10 rings (SSSR count). The summed E-state index contributed by atoms with van der Waals surface area (Å²) in [4.78, 5) is 10.6. The average Bonchev–Trinajstić information content (AvgIpc) is 3.76. The Morgan fingerprint density at radius 3 is 1.27 bits per heavy atom. The normalized spacial score (nSPS) is 13.9. The van der Waals surface area contributed by atoms with Crippen LogP contribution in [-0.4, -0.2) is 19.8 Å². The number of nitrogens with zero attached hydrogens (tertiary/aromatic N) is 3. The van der Waals surface area contributed by atoms with Crippen molar-refractivity contribution in [1.29, 1.82) is 0 Å². The van der Waals surface area contributed by atoms with Gasteiger partial charge >= 0.3 is 0 Å². The fourth-order valence-corrected chi connectivity index (χ4v) is 15.2. The molecule has 0 saturated heterocycles. The summed E-state index contributed by atoms with van der Waals surface area (Å²) in [5.41, 5.74) is 12.5. The molecule has 4 nitrogen and oxygen atoms in total. The van der Waals surface area contributed by atoms with E-state index in [-0.39, 0.29) is 28.4 Å². The van der Waals surface area contributed by atoms with Gasteiger partial charge in [-0.05, 0) is 107 Å². The van der Waals surface area contributed by atoms with Crippen LogP contribution in [0.1, 0.15) is 106 Å². The molecule has 0 spiro atoms. The Hall–Kier alpha value is -6.37. The highest BCUT2D eigenvalue weighted by Crippen LogP contribution is 2.46. The lowest BCUT2D eigenvalue weighted by Crippen LogP contribution is -2.75. The van der Waals surface area contributed by atoms with Crippen LogP contribution >= 0.6 is 0 Å². The van der Waals surface area contributed by atoms with Gasteiger partial charge in [0.05, 0.1) is 5.59 Å². The Kier molecular flexibility index (Phi) is 10.5. The number of fused-ring (bicyclic) bond motifs is 4. The highest BCUT2D eigenvalue weighted by Gasteiger charge is 2.50. The van der Waals surface area contributed by atoms with Crippen molar-refractivity contribution in [3.63, 3.8) is 0 Å². The summed E-state index contributed by atoms with van der Waals surface area (Å²) in [6.45, 7) is 27.1. The first-order chi connectivity index (χ1) is 31.8. The molecule has 2 aliphatic rings. The largest absolute Gasteiger partial charge is 0.424 e. The third-order valence-electron chi connectivity index (χ3n) is 14.1. The summed E-state index contributed by atoms with van der Waals surface area (Å²) in [6.07, 6.45) is 0. The number of hydrogen-bond acceptors (Lipinski definition) is 4. The molecule has 6 heteroatoms. The maximum absolute atomic E-state index is 7.25. The summed E-state index contributed by atoms with van der Waals surface area (Å²) in [5, 5.41) is 5.28. The molecule has 0 unspecified atom stereocenters. The Balaban J connectivity index is 1.40. The first-order valence-electron chi connectivity index (χ1n) is 24.1. The second-order valence-corrected chi connectivity index (χ2v) is 26.8. The number of rotatable bonds is 6. The molecule has 0 radical (unpaired) electrons. The minimum Gasteiger partial charge on any atom is -0.424 e. The number of aromatic nitrogens is 1. The van der Waals surface area contributed by atoms with E-state index >= 15 is 0 Å². The van der Waals surface area contributed by atoms with Gasteiger partial charge in [0.2, 0.25) is 11.8 Å². The van der Waals surface area contributed by atoms with E-state index in [9.17, 15) is 0 Å². The van der Waals surface area contributed by atoms with Crippen LogP contribution in [0.3, 0.4) is 0 Å². The Bertz CT molecular complexity index is 3000. The van der Waals surface area contributed by atoms with E-state index in [1.165, 1.54) is 54.1 Å². The van der Waals surface area contributed by atoms with Gasteiger partial charge in [-0.1, -0.05) is 210 Å². The van der Waals surface area contributed by atoms with Gasteiger partial charge in [-0.3, -0.25) is 4.90 Å². The van der Waals surface area contributed by atoms with E-state index in [4.69, 9.17) is 9.40 Å². The fraction of sp³-hybridized carbons (Fsp3) is 0.262. The van der Waals surface area contributed by atoms with E-state index in [2.05, 4.69) is 263 Å². The van der Waals surface area contributed by atoms with Gasteiger partial charge in [0.15, 0.2) is 8.07 Å². The van der Waals surface area contributed by atoms with Crippen molar-refractivity contribution in [1.82, 2.24) is 4.98 Å². The third-order valence-corrected chi connectivity index (χ3v) is 18.9. The molecule has 8 aromatic rings. The lowest BCUT2D eigenvalue weighted by atomic mass is 9.35. The first kappa shape index (κ1) is 44.5. The van der Waals surface area contributed by atoms with Crippen molar-refractivity contribution in [2.24, 2.45) is 0 Å². The quantitative estimate of drug-likeness (QED) is 0.123. The predicted octanol–water partition coefficient (Wildman–Crippen LogP) is 11.3. The van der Waals surface area contributed by atoms with Crippen LogP contribution in [0.2, 0.25) is 0 Å². The number of hydrogen-bond donors (Lipinski definition) is 0. The minimum atomic E-state index is -3.07. The zero-order valence-corrected chi connectivity index (χ0v) is 42.5. The van der Waals surface area contributed by atoms with Crippen molar-refractivity contribution in [3.05, 3.63) is 192 Å². The van der Waals surface area contributed by atoms with E-state index in [1.54, 1.807) is 0 Å². The third kappa shape index (κ3) is 7.49. The van der Waals surface area contributed by atoms with E-state index in [0.29, 0.717) is 0 Å². The minimum absolute atomic E-state index is 0.00747. The van der Waals surface area contributed by atoms with Crippen molar-refractivity contribution in [2.75, 3.05) is 9.80 Å². The molecule has 3 heterocycles. The molecule has 1 aromatic heterocycles. The fourth-order valence-electron chi connectivity index (χ4n) is 10.5. The average molecular weight is 894 g/mol. The molecule has 336 valence electrons. The summed E-state index contributed by atoms with van der Waals surface area (Å²) in [6, 6.07) is 64.7. The molecule has 0 N–H and O–H groups in total. The molecule has 0 fully saturated rings. The number of anilines is 6. The van der Waals surface area contributed by atoms with Crippen molar-refractivity contribution in [3.8, 4) is 0 Å². The van der Waals surface area contributed by atoms with Crippen LogP contribution in [0.4, 0.5) is 34.3 Å². The number of oxazole rings is 1. The van der Waals surface area contributed by atoms with Gasteiger partial charge in [0, 0.05) is 33.9 Å². The molecular formula is C61H64BN3OSi. The Morgan fingerprint density at radius 2 is 0.836 bits per heavy atom. The molecule has 0 amide bonds. The highest BCUT2D eigenvalue weighted by molar-refractivity contribution is 7.20.